The van der Waals surface area contributed by atoms with Crippen LogP contribution in [0.25, 0.3) is 0 Å². The lowest BCUT2D eigenvalue weighted by atomic mass is 10.1. The van der Waals surface area contributed by atoms with Crippen LogP contribution in [0.15, 0.2) is 18.2 Å². The van der Waals surface area contributed by atoms with Crippen LogP contribution < -0.4 is 16.8 Å². The predicted molar refractivity (Wildman–Crippen MR) is 69.0 cm³/mol. The molecule has 1 unspecified atom stereocenters. The van der Waals surface area contributed by atoms with Gasteiger partial charge in [-0.15, -0.1) is 0 Å². The van der Waals surface area contributed by atoms with Crippen molar-refractivity contribution in [3.63, 3.8) is 0 Å². The highest BCUT2D eigenvalue weighted by Gasteiger charge is 2.12. The standard InChI is InChI=1S/C12H19N3O2/c1-3-8(7-17-2)15-10-6-4-5-9(11(10)13)12(14)16/h4-6,8,15H,3,7,13H2,1-2H3,(H2,14,16). The van der Waals surface area contributed by atoms with E-state index in [1.54, 1.807) is 19.2 Å². The first-order valence-electron chi connectivity index (χ1n) is 5.53. The molecule has 0 aromatic heterocycles. The summed E-state index contributed by atoms with van der Waals surface area (Å²) in [6.45, 7) is 2.63. The highest BCUT2D eigenvalue weighted by Crippen LogP contribution is 2.23. The van der Waals surface area contributed by atoms with Crippen molar-refractivity contribution in [2.45, 2.75) is 19.4 Å². The molecule has 0 fully saturated rings. The number of primary amides is 1. The van der Waals surface area contributed by atoms with Gasteiger partial charge in [-0.3, -0.25) is 4.79 Å². The summed E-state index contributed by atoms with van der Waals surface area (Å²) < 4.78 is 5.09. The maximum absolute atomic E-state index is 11.1. The average molecular weight is 237 g/mol. The zero-order chi connectivity index (χ0) is 12.8. The van der Waals surface area contributed by atoms with Gasteiger partial charge in [-0.05, 0) is 18.6 Å². The number of methoxy groups -OCH3 is 1. The van der Waals surface area contributed by atoms with Crippen LogP contribution in [0, 0.1) is 0 Å². The Labute approximate surface area is 101 Å². The Bertz CT molecular complexity index is 393. The smallest absolute Gasteiger partial charge is 0.250 e. The Morgan fingerprint density at radius 3 is 2.76 bits per heavy atom. The topological polar surface area (TPSA) is 90.4 Å². The van der Waals surface area contributed by atoms with Crippen molar-refractivity contribution in [3.8, 4) is 0 Å². The summed E-state index contributed by atoms with van der Waals surface area (Å²) in [7, 11) is 1.65. The van der Waals surface area contributed by atoms with E-state index < -0.39 is 5.91 Å². The molecule has 17 heavy (non-hydrogen) atoms. The first-order chi connectivity index (χ1) is 8.10. The van der Waals surface area contributed by atoms with Crippen LogP contribution >= 0.6 is 0 Å². The monoisotopic (exact) mass is 237 g/mol. The number of rotatable bonds is 6. The van der Waals surface area contributed by atoms with E-state index in [9.17, 15) is 4.79 Å². The van der Waals surface area contributed by atoms with E-state index in [1.165, 1.54) is 0 Å². The lowest BCUT2D eigenvalue weighted by Crippen LogP contribution is -2.25. The minimum absolute atomic E-state index is 0.158. The molecule has 5 nitrogen and oxygen atoms in total. The van der Waals surface area contributed by atoms with E-state index in [0.29, 0.717) is 23.5 Å². The molecule has 1 amide bonds. The summed E-state index contributed by atoms with van der Waals surface area (Å²) in [5.41, 5.74) is 12.5. The number of hydrogen-bond donors (Lipinski definition) is 3. The average Bonchev–Trinajstić information content (AvgIpc) is 2.30. The molecule has 0 bridgehead atoms. The van der Waals surface area contributed by atoms with Gasteiger partial charge >= 0.3 is 0 Å². The number of nitrogen functional groups attached to an aromatic ring is 1. The molecule has 0 radical (unpaired) electrons. The van der Waals surface area contributed by atoms with E-state index in [4.69, 9.17) is 16.2 Å². The molecular weight excluding hydrogens is 218 g/mol. The molecule has 1 aromatic carbocycles. The molecule has 94 valence electrons. The van der Waals surface area contributed by atoms with Crippen molar-refractivity contribution >= 4 is 17.3 Å². The number of hydrogen-bond acceptors (Lipinski definition) is 4. The lowest BCUT2D eigenvalue weighted by Gasteiger charge is -2.19. The molecule has 0 heterocycles. The fourth-order valence-corrected chi connectivity index (χ4v) is 1.59. The predicted octanol–water partition coefficient (Wildman–Crippen LogP) is 1.20. The number of amides is 1. The van der Waals surface area contributed by atoms with Crippen LogP contribution in [0.5, 0.6) is 0 Å². The second-order valence-corrected chi connectivity index (χ2v) is 3.84. The number of para-hydroxylation sites is 1. The molecule has 1 aromatic rings. The van der Waals surface area contributed by atoms with Gasteiger partial charge in [0, 0.05) is 13.2 Å². The van der Waals surface area contributed by atoms with Crippen LogP contribution in [-0.2, 0) is 4.74 Å². The number of carbonyl (C=O) groups excluding carboxylic acids is 1. The maximum Gasteiger partial charge on any atom is 0.250 e. The molecule has 5 heteroatoms. The normalized spacial score (nSPS) is 12.1. The van der Waals surface area contributed by atoms with Crippen LogP contribution in [-0.4, -0.2) is 25.7 Å². The quantitative estimate of drug-likeness (QED) is 0.648. The van der Waals surface area contributed by atoms with Gasteiger partial charge in [0.1, 0.15) is 0 Å². The SMILES string of the molecule is CCC(COC)Nc1cccc(C(N)=O)c1N. The molecule has 0 aliphatic rings. The lowest BCUT2D eigenvalue weighted by molar-refractivity contribution is 0.100. The van der Waals surface area contributed by atoms with Gasteiger partial charge in [-0.2, -0.15) is 0 Å². The van der Waals surface area contributed by atoms with Gasteiger partial charge in [0.15, 0.2) is 0 Å². The van der Waals surface area contributed by atoms with Crippen molar-refractivity contribution in [1.82, 2.24) is 0 Å². The molecule has 0 saturated heterocycles. The van der Waals surface area contributed by atoms with E-state index in [1.807, 2.05) is 13.0 Å². The highest BCUT2D eigenvalue weighted by atomic mass is 16.5. The Morgan fingerprint density at radius 1 is 1.53 bits per heavy atom. The third-order valence-corrected chi connectivity index (χ3v) is 2.59. The number of nitrogens with two attached hydrogens (primary N) is 2. The van der Waals surface area contributed by atoms with Gasteiger partial charge in [-0.25, -0.2) is 0 Å². The van der Waals surface area contributed by atoms with E-state index in [2.05, 4.69) is 5.32 Å². The summed E-state index contributed by atoms with van der Waals surface area (Å²) in [6, 6.07) is 5.34. The van der Waals surface area contributed by atoms with Gasteiger partial charge in [0.05, 0.1) is 23.5 Å². The van der Waals surface area contributed by atoms with Crippen LogP contribution in [0.4, 0.5) is 11.4 Å². The number of nitrogens with one attached hydrogen (secondary N) is 1. The summed E-state index contributed by atoms with van der Waals surface area (Å²) >= 11 is 0. The van der Waals surface area contributed by atoms with Gasteiger partial charge in [0.2, 0.25) is 0 Å². The molecule has 5 N–H and O–H groups in total. The largest absolute Gasteiger partial charge is 0.396 e. The Morgan fingerprint density at radius 2 is 2.24 bits per heavy atom. The minimum atomic E-state index is -0.522. The third-order valence-electron chi connectivity index (χ3n) is 2.59. The van der Waals surface area contributed by atoms with Crippen molar-refractivity contribution in [1.29, 1.82) is 0 Å². The number of ether oxygens (including phenoxy) is 1. The van der Waals surface area contributed by atoms with Crippen LogP contribution in [0.1, 0.15) is 23.7 Å². The Balaban J connectivity index is 2.91. The van der Waals surface area contributed by atoms with E-state index in [-0.39, 0.29) is 6.04 Å². The van der Waals surface area contributed by atoms with Crippen molar-refractivity contribution < 1.29 is 9.53 Å². The van der Waals surface area contributed by atoms with Crippen molar-refractivity contribution in [2.75, 3.05) is 24.8 Å². The zero-order valence-electron chi connectivity index (χ0n) is 10.2. The molecular formula is C12H19N3O2. The first kappa shape index (κ1) is 13.3. The fraction of sp³-hybridized carbons (Fsp3) is 0.417. The van der Waals surface area contributed by atoms with Gasteiger partial charge < -0.3 is 21.5 Å². The summed E-state index contributed by atoms with van der Waals surface area (Å²) in [6.07, 6.45) is 0.897. The second kappa shape index (κ2) is 6.10. The fourth-order valence-electron chi connectivity index (χ4n) is 1.59. The molecule has 0 saturated carbocycles. The molecule has 0 aliphatic carbocycles. The first-order valence-corrected chi connectivity index (χ1v) is 5.53. The molecule has 0 aliphatic heterocycles. The Kier molecular flexibility index (Phi) is 4.78. The number of anilines is 2. The maximum atomic E-state index is 11.1. The van der Waals surface area contributed by atoms with E-state index >= 15 is 0 Å². The highest BCUT2D eigenvalue weighted by molar-refractivity contribution is 6.00. The number of carbonyl (C=O) groups is 1. The molecule has 1 atom stereocenters. The summed E-state index contributed by atoms with van der Waals surface area (Å²) in [5.74, 6) is -0.522. The second-order valence-electron chi connectivity index (χ2n) is 3.84. The van der Waals surface area contributed by atoms with Crippen LogP contribution in [0.3, 0.4) is 0 Å². The van der Waals surface area contributed by atoms with Gasteiger partial charge in [-0.1, -0.05) is 13.0 Å². The third kappa shape index (κ3) is 3.35. The molecule has 0 spiro atoms. The van der Waals surface area contributed by atoms with E-state index in [0.717, 1.165) is 6.42 Å². The summed E-state index contributed by atoms with van der Waals surface area (Å²) in [4.78, 5) is 11.1. The zero-order valence-corrected chi connectivity index (χ0v) is 10.2. The van der Waals surface area contributed by atoms with Crippen molar-refractivity contribution in [2.24, 2.45) is 5.73 Å². The van der Waals surface area contributed by atoms with Crippen LogP contribution in [0.2, 0.25) is 0 Å². The van der Waals surface area contributed by atoms with Crippen molar-refractivity contribution in [3.05, 3.63) is 23.8 Å². The minimum Gasteiger partial charge on any atom is -0.396 e. The molecule has 1 rings (SSSR count). The van der Waals surface area contributed by atoms with Gasteiger partial charge in [0.25, 0.3) is 5.91 Å². The summed E-state index contributed by atoms with van der Waals surface area (Å²) in [5, 5.41) is 3.24. The number of benzene rings is 1. The Hall–Kier alpha value is -1.75.